The highest BCUT2D eigenvalue weighted by atomic mass is 32.2. The fraction of sp³-hybridized carbons (Fsp3) is 0.300. The van der Waals surface area contributed by atoms with E-state index in [2.05, 4.69) is 10.3 Å². The molecule has 5 nitrogen and oxygen atoms in total. The fourth-order valence-corrected chi connectivity index (χ4v) is 2.39. The molecule has 0 aliphatic carbocycles. The Morgan fingerprint density at radius 1 is 1.37 bits per heavy atom. The van der Waals surface area contributed by atoms with Gasteiger partial charge in [0.15, 0.2) is 0 Å². The molecule has 19 heavy (non-hydrogen) atoms. The molecule has 2 heterocycles. The number of anilines is 1. The summed E-state index contributed by atoms with van der Waals surface area (Å²) >= 11 is 0. The second kappa shape index (κ2) is 4.49. The van der Waals surface area contributed by atoms with Crippen LogP contribution in [0.25, 0.3) is 5.57 Å². The van der Waals surface area contributed by atoms with Crippen LogP contribution < -0.4 is 5.32 Å². The van der Waals surface area contributed by atoms with E-state index in [1.165, 1.54) is 6.08 Å². The lowest BCUT2D eigenvalue weighted by molar-refractivity contribution is -0.141. The lowest BCUT2D eigenvalue weighted by Gasteiger charge is -2.19. The number of aromatic nitrogens is 1. The summed E-state index contributed by atoms with van der Waals surface area (Å²) in [4.78, 5) is 3.41. The molecule has 1 aromatic heterocycles. The summed E-state index contributed by atoms with van der Waals surface area (Å²) in [6, 6.07) is 1.90. The Kier molecular flexibility index (Phi) is 3.27. The van der Waals surface area contributed by atoms with Crippen molar-refractivity contribution in [3.8, 4) is 0 Å². The minimum Gasteiger partial charge on any atom is -0.366 e. The Bertz CT molecular complexity index is 638. The van der Waals surface area contributed by atoms with E-state index in [9.17, 15) is 21.6 Å². The normalized spacial score (nSPS) is 15.5. The zero-order chi connectivity index (χ0) is 14.3. The van der Waals surface area contributed by atoms with Crippen molar-refractivity contribution in [2.24, 2.45) is 0 Å². The van der Waals surface area contributed by atoms with Crippen LogP contribution in [-0.4, -0.2) is 30.3 Å². The highest BCUT2D eigenvalue weighted by molar-refractivity contribution is 7.86. The molecular formula is C10H9F3N2O3S. The maximum absolute atomic E-state index is 12.5. The first-order valence-corrected chi connectivity index (χ1v) is 6.74. The van der Waals surface area contributed by atoms with E-state index in [1.807, 2.05) is 0 Å². The lowest BCUT2D eigenvalue weighted by Crippen LogP contribution is -2.17. The molecule has 0 amide bonds. The first-order chi connectivity index (χ1) is 8.67. The van der Waals surface area contributed by atoms with Gasteiger partial charge in [-0.3, -0.25) is 4.55 Å². The molecule has 0 atom stereocenters. The van der Waals surface area contributed by atoms with Gasteiger partial charge in [-0.25, -0.2) is 4.98 Å². The van der Waals surface area contributed by atoms with E-state index >= 15 is 0 Å². The summed E-state index contributed by atoms with van der Waals surface area (Å²) in [5, 5.41) is 2.63. The Morgan fingerprint density at radius 2 is 2.05 bits per heavy atom. The van der Waals surface area contributed by atoms with Crippen molar-refractivity contribution >= 4 is 21.5 Å². The average Bonchev–Trinajstić information content (AvgIpc) is 2.25. The number of hydrogen-bond acceptors (Lipinski definition) is 4. The van der Waals surface area contributed by atoms with Crippen LogP contribution in [0.1, 0.15) is 11.3 Å². The molecule has 0 spiro atoms. The molecular weight excluding hydrogens is 285 g/mol. The van der Waals surface area contributed by atoms with Crippen molar-refractivity contribution in [1.82, 2.24) is 4.98 Å². The minimum absolute atomic E-state index is 0.0454. The molecule has 0 saturated carbocycles. The second-order valence-corrected chi connectivity index (χ2v) is 5.38. The Morgan fingerprint density at radius 3 is 2.63 bits per heavy atom. The first kappa shape index (κ1) is 13.8. The van der Waals surface area contributed by atoms with Crippen LogP contribution in [0.15, 0.2) is 18.2 Å². The molecule has 0 aromatic carbocycles. The van der Waals surface area contributed by atoms with Crippen LogP contribution in [0.2, 0.25) is 0 Å². The Labute approximate surface area is 106 Å². The molecule has 0 unspecified atom stereocenters. The van der Waals surface area contributed by atoms with Gasteiger partial charge in [0.1, 0.15) is 17.3 Å². The number of alkyl halides is 3. The summed E-state index contributed by atoms with van der Waals surface area (Å²) in [5.74, 6) is -0.703. The maximum atomic E-state index is 12.5. The van der Waals surface area contributed by atoms with Gasteiger partial charge in [0.25, 0.3) is 10.1 Å². The van der Waals surface area contributed by atoms with Crippen LogP contribution in [0, 0.1) is 0 Å². The fourth-order valence-electron chi connectivity index (χ4n) is 1.72. The molecule has 1 aliphatic heterocycles. The third-order valence-corrected chi connectivity index (χ3v) is 3.16. The van der Waals surface area contributed by atoms with Crippen molar-refractivity contribution in [2.75, 3.05) is 17.6 Å². The molecule has 2 rings (SSSR count). The second-order valence-electron chi connectivity index (χ2n) is 3.93. The molecule has 1 aliphatic rings. The van der Waals surface area contributed by atoms with Gasteiger partial charge in [-0.15, -0.1) is 0 Å². The van der Waals surface area contributed by atoms with E-state index in [0.717, 1.165) is 12.1 Å². The van der Waals surface area contributed by atoms with Crippen molar-refractivity contribution in [3.63, 3.8) is 0 Å². The van der Waals surface area contributed by atoms with Gasteiger partial charge in [-0.05, 0) is 17.7 Å². The SMILES string of the molecule is O=S(=O)(O)CC1=CCNc2nc(C(F)(F)F)ccc21. The summed E-state index contributed by atoms with van der Waals surface area (Å²) < 4.78 is 67.9. The summed E-state index contributed by atoms with van der Waals surface area (Å²) in [5.41, 5.74) is -0.610. The third-order valence-electron chi connectivity index (χ3n) is 2.49. The molecule has 0 bridgehead atoms. The van der Waals surface area contributed by atoms with E-state index in [4.69, 9.17) is 4.55 Å². The van der Waals surface area contributed by atoms with Gasteiger partial charge in [-0.2, -0.15) is 21.6 Å². The topological polar surface area (TPSA) is 79.3 Å². The van der Waals surface area contributed by atoms with Gasteiger partial charge >= 0.3 is 6.18 Å². The first-order valence-electron chi connectivity index (χ1n) is 5.13. The van der Waals surface area contributed by atoms with Crippen LogP contribution in [-0.2, 0) is 16.3 Å². The van der Waals surface area contributed by atoms with Gasteiger partial charge < -0.3 is 5.32 Å². The number of nitrogens with one attached hydrogen (secondary N) is 1. The largest absolute Gasteiger partial charge is 0.433 e. The van der Waals surface area contributed by atoms with E-state index < -0.39 is 27.7 Å². The molecule has 1 aromatic rings. The number of rotatable bonds is 2. The van der Waals surface area contributed by atoms with E-state index in [1.54, 1.807) is 0 Å². The zero-order valence-corrected chi connectivity index (χ0v) is 10.2. The van der Waals surface area contributed by atoms with Crippen molar-refractivity contribution in [2.45, 2.75) is 6.18 Å². The highest BCUT2D eigenvalue weighted by Crippen LogP contribution is 2.33. The smallest absolute Gasteiger partial charge is 0.366 e. The number of pyridine rings is 1. The van der Waals surface area contributed by atoms with Crippen molar-refractivity contribution < 1.29 is 26.1 Å². The quantitative estimate of drug-likeness (QED) is 0.813. The van der Waals surface area contributed by atoms with Crippen molar-refractivity contribution in [3.05, 3.63) is 29.5 Å². The predicted molar refractivity (Wildman–Crippen MR) is 62.1 cm³/mol. The Hall–Kier alpha value is -1.61. The van der Waals surface area contributed by atoms with E-state index in [-0.39, 0.29) is 23.5 Å². The molecule has 9 heteroatoms. The van der Waals surface area contributed by atoms with Crippen LogP contribution in [0.5, 0.6) is 0 Å². The Balaban J connectivity index is 2.42. The van der Waals surface area contributed by atoms with E-state index in [0.29, 0.717) is 0 Å². The van der Waals surface area contributed by atoms with Gasteiger partial charge in [-0.1, -0.05) is 6.08 Å². The van der Waals surface area contributed by atoms with Gasteiger partial charge in [0, 0.05) is 12.1 Å². The molecule has 104 valence electrons. The number of nitrogens with zero attached hydrogens (tertiary/aromatic N) is 1. The number of halogens is 3. The molecule has 0 radical (unpaired) electrons. The minimum atomic E-state index is -4.57. The summed E-state index contributed by atoms with van der Waals surface area (Å²) in [7, 11) is -4.25. The third kappa shape index (κ3) is 3.24. The predicted octanol–water partition coefficient (Wildman–Crippen LogP) is 1.80. The zero-order valence-electron chi connectivity index (χ0n) is 9.40. The maximum Gasteiger partial charge on any atom is 0.433 e. The van der Waals surface area contributed by atoms with Crippen LogP contribution >= 0.6 is 0 Å². The molecule has 0 saturated heterocycles. The summed E-state index contributed by atoms with van der Waals surface area (Å²) in [6.45, 7) is 0.145. The highest BCUT2D eigenvalue weighted by Gasteiger charge is 2.33. The van der Waals surface area contributed by atoms with Gasteiger partial charge in [0.05, 0.1) is 0 Å². The van der Waals surface area contributed by atoms with Gasteiger partial charge in [0.2, 0.25) is 0 Å². The van der Waals surface area contributed by atoms with Crippen LogP contribution in [0.3, 0.4) is 0 Å². The molecule has 0 fully saturated rings. The lowest BCUT2D eigenvalue weighted by atomic mass is 10.0. The number of fused-ring (bicyclic) bond motifs is 1. The van der Waals surface area contributed by atoms with Crippen LogP contribution in [0.4, 0.5) is 19.0 Å². The number of hydrogen-bond donors (Lipinski definition) is 2. The summed E-state index contributed by atoms with van der Waals surface area (Å²) in [6.07, 6.45) is -3.09. The van der Waals surface area contributed by atoms with Crippen molar-refractivity contribution in [1.29, 1.82) is 0 Å². The average molecular weight is 294 g/mol. The monoisotopic (exact) mass is 294 g/mol. The standard InChI is InChI=1S/C10H9F3N2O3S/c11-10(12,13)8-2-1-7-6(5-19(16,17)18)3-4-14-9(7)15-8/h1-3H,4-5H2,(H,14,15)(H,16,17,18). The molecule has 2 N–H and O–H groups in total.